The summed E-state index contributed by atoms with van der Waals surface area (Å²) in [7, 11) is -2.41. The molecule has 0 radical (unpaired) electrons. The van der Waals surface area contributed by atoms with E-state index in [0.29, 0.717) is 0 Å². The van der Waals surface area contributed by atoms with Gasteiger partial charge in [0, 0.05) is 0 Å². The average Bonchev–Trinajstić information content (AvgIpc) is 2.76. The normalized spacial score (nSPS) is 11.9. The fraction of sp³-hybridized carbons (Fsp3) is 0.0400. The van der Waals surface area contributed by atoms with Crippen LogP contribution in [-0.4, -0.2) is 0 Å². The van der Waals surface area contributed by atoms with Gasteiger partial charge >= 0.3 is 171 Å². The molecule has 0 bridgehead atoms. The van der Waals surface area contributed by atoms with Gasteiger partial charge in [0.15, 0.2) is 0 Å². The van der Waals surface area contributed by atoms with Crippen molar-refractivity contribution in [2.75, 3.05) is 0 Å². The number of hydrogen-bond acceptors (Lipinski definition) is 0. The zero-order valence-electron chi connectivity index (χ0n) is 15.4. The molecule has 0 aliphatic rings. The summed E-state index contributed by atoms with van der Waals surface area (Å²) in [4.78, 5) is 0. The number of hydrogen-bond donors (Lipinski definition) is 0. The minimum absolute atomic E-state index is 0.162. The average molecular weight is 407 g/mol. The van der Waals surface area contributed by atoms with Gasteiger partial charge in [-0.15, -0.1) is 0 Å². The second-order valence-electron chi connectivity index (χ2n) is 6.93. The van der Waals surface area contributed by atoms with Crippen molar-refractivity contribution in [2.45, 2.75) is 6.16 Å². The zero-order valence-corrected chi connectivity index (χ0v) is 17.1. The van der Waals surface area contributed by atoms with Crippen LogP contribution in [0.2, 0.25) is 5.02 Å². The van der Waals surface area contributed by atoms with E-state index in [2.05, 4.69) is 72.8 Å². The Morgan fingerprint density at radius 3 is 1.43 bits per heavy atom. The second-order valence-corrected chi connectivity index (χ2v) is 11.2. The van der Waals surface area contributed by atoms with Crippen LogP contribution >= 0.6 is 18.9 Å². The maximum atomic E-state index is 14.2. The van der Waals surface area contributed by atoms with Crippen LogP contribution in [0.5, 0.6) is 0 Å². The van der Waals surface area contributed by atoms with Gasteiger partial charge in [-0.3, -0.25) is 0 Å². The molecule has 0 aliphatic heterocycles. The molecule has 0 saturated carbocycles. The Bertz CT molecular complexity index is 953. The Morgan fingerprint density at radius 1 is 0.607 bits per heavy atom. The van der Waals surface area contributed by atoms with Crippen molar-refractivity contribution in [3.63, 3.8) is 0 Å². The Labute approximate surface area is 171 Å². The van der Waals surface area contributed by atoms with E-state index in [-0.39, 0.29) is 10.8 Å². The van der Waals surface area contributed by atoms with Gasteiger partial charge in [-0.25, -0.2) is 0 Å². The molecule has 28 heavy (non-hydrogen) atoms. The van der Waals surface area contributed by atoms with Crippen LogP contribution in [0.3, 0.4) is 0 Å². The summed E-state index contributed by atoms with van der Waals surface area (Å²) < 4.78 is 14.2. The molecule has 0 spiro atoms. The Morgan fingerprint density at radius 2 is 1.04 bits per heavy atom. The van der Waals surface area contributed by atoms with E-state index in [1.165, 1.54) is 15.9 Å². The first kappa shape index (κ1) is 18.9. The zero-order chi connectivity index (χ0) is 19.4. The Hall–Kier alpha value is -2.47. The third-order valence-corrected chi connectivity index (χ3v) is 10.5. The molecule has 0 heterocycles. The summed E-state index contributed by atoms with van der Waals surface area (Å²) in [5.74, 6) is -0.365. The summed E-state index contributed by atoms with van der Waals surface area (Å²) in [5.41, 5.74) is 0.963. The molecule has 0 unspecified atom stereocenters. The predicted molar refractivity (Wildman–Crippen MR) is 122 cm³/mol. The van der Waals surface area contributed by atoms with E-state index in [9.17, 15) is 4.39 Å². The minimum atomic E-state index is -2.41. The van der Waals surface area contributed by atoms with Crippen molar-refractivity contribution >= 4 is 34.8 Å². The number of benzene rings is 4. The SMILES string of the molecule is Fc1cc(C[PH](c2ccccc2)(c2ccccc2)c2ccccc2)ccc1Cl. The summed E-state index contributed by atoms with van der Waals surface area (Å²) >= 11 is 5.94. The maximum absolute atomic E-state index is 14.2. The van der Waals surface area contributed by atoms with Crippen molar-refractivity contribution in [1.82, 2.24) is 0 Å². The van der Waals surface area contributed by atoms with Crippen molar-refractivity contribution in [1.29, 1.82) is 0 Å². The van der Waals surface area contributed by atoms with E-state index in [0.717, 1.165) is 11.7 Å². The molecule has 4 aromatic carbocycles. The first-order valence-corrected chi connectivity index (χ1v) is 11.9. The molecule has 3 heteroatoms. The molecule has 0 saturated heterocycles. The molecule has 0 aromatic heterocycles. The molecule has 0 nitrogen and oxygen atoms in total. The van der Waals surface area contributed by atoms with Gasteiger partial charge in [0.05, 0.1) is 0 Å². The topological polar surface area (TPSA) is 0 Å². The summed E-state index contributed by atoms with van der Waals surface area (Å²) in [5, 5.41) is 4.09. The van der Waals surface area contributed by atoms with E-state index in [1.807, 2.05) is 24.3 Å². The number of halogens is 2. The van der Waals surface area contributed by atoms with Crippen molar-refractivity contribution in [2.24, 2.45) is 0 Å². The van der Waals surface area contributed by atoms with Gasteiger partial charge in [-0.2, -0.15) is 0 Å². The van der Waals surface area contributed by atoms with Gasteiger partial charge in [0.2, 0.25) is 0 Å². The molecular weight excluding hydrogens is 386 g/mol. The molecule has 0 N–H and O–H groups in total. The standard InChI is InChI=1S/C25H21ClFP/c26-24-17-16-20(18-25(24)27)19-28(21-10-4-1-5-11-21,22-12-6-2-7-13-22)23-14-8-3-9-15-23/h1-18,28H,19H2. The van der Waals surface area contributed by atoms with E-state index >= 15 is 0 Å². The number of rotatable bonds is 5. The second kappa shape index (κ2) is 8.27. The third kappa shape index (κ3) is 3.61. The van der Waals surface area contributed by atoms with Crippen LogP contribution in [0.4, 0.5) is 4.39 Å². The quantitative estimate of drug-likeness (QED) is 0.373. The third-order valence-electron chi connectivity index (χ3n) is 5.25. The first-order chi connectivity index (χ1) is 13.7. The summed E-state index contributed by atoms with van der Waals surface area (Å²) in [6.45, 7) is 0. The van der Waals surface area contributed by atoms with Crippen LogP contribution in [0.25, 0.3) is 0 Å². The fourth-order valence-corrected chi connectivity index (χ4v) is 8.78. The van der Waals surface area contributed by atoms with Crippen molar-refractivity contribution in [3.05, 3.63) is 126 Å². The molecule has 0 aliphatic carbocycles. The predicted octanol–water partition coefficient (Wildman–Crippen LogP) is 5.71. The molecular formula is C25H21ClFP. The van der Waals surface area contributed by atoms with Crippen LogP contribution in [0, 0.1) is 5.82 Å². The van der Waals surface area contributed by atoms with Crippen LogP contribution < -0.4 is 15.9 Å². The van der Waals surface area contributed by atoms with Crippen molar-refractivity contribution in [3.8, 4) is 0 Å². The molecule has 4 aromatic rings. The Kier molecular flexibility index (Phi) is 5.57. The molecule has 4 rings (SSSR count). The Balaban J connectivity index is 1.99. The van der Waals surface area contributed by atoms with Crippen LogP contribution in [-0.2, 0) is 6.16 Å². The van der Waals surface area contributed by atoms with Gasteiger partial charge in [-0.05, 0) is 0 Å². The fourth-order valence-electron chi connectivity index (χ4n) is 3.93. The van der Waals surface area contributed by atoms with E-state index in [4.69, 9.17) is 11.6 Å². The van der Waals surface area contributed by atoms with Gasteiger partial charge in [0.1, 0.15) is 0 Å². The van der Waals surface area contributed by atoms with Gasteiger partial charge in [0.25, 0.3) is 0 Å². The van der Waals surface area contributed by atoms with E-state index < -0.39 is 7.26 Å². The monoisotopic (exact) mass is 406 g/mol. The molecule has 140 valence electrons. The van der Waals surface area contributed by atoms with Crippen LogP contribution in [0.1, 0.15) is 5.56 Å². The molecule has 0 amide bonds. The summed E-state index contributed by atoms with van der Waals surface area (Å²) in [6, 6.07) is 37.1. The molecule has 0 fully saturated rings. The van der Waals surface area contributed by atoms with Gasteiger partial charge < -0.3 is 0 Å². The van der Waals surface area contributed by atoms with E-state index in [1.54, 1.807) is 12.1 Å². The van der Waals surface area contributed by atoms with Crippen molar-refractivity contribution < 1.29 is 4.39 Å². The first-order valence-electron chi connectivity index (χ1n) is 9.31. The summed E-state index contributed by atoms with van der Waals surface area (Å²) in [6.07, 6.45) is 0.763. The van der Waals surface area contributed by atoms with Crippen LogP contribution in [0.15, 0.2) is 109 Å². The molecule has 0 atom stereocenters. The van der Waals surface area contributed by atoms with Gasteiger partial charge in [-0.1, -0.05) is 0 Å².